The van der Waals surface area contributed by atoms with Gasteiger partial charge in [-0.1, -0.05) is 12.1 Å². The average molecular weight is 271 g/mol. The first-order chi connectivity index (χ1) is 9.78. The van der Waals surface area contributed by atoms with Crippen molar-refractivity contribution >= 4 is 5.91 Å². The van der Waals surface area contributed by atoms with Gasteiger partial charge in [-0.25, -0.2) is 0 Å². The maximum absolute atomic E-state index is 12.4. The number of aromatic nitrogens is 1. The van der Waals surface area contributed by atoms with E-state index in [-0.39, 0.29) is 5.92 Å². The zero-order valence-corrected chi connectivity index (χ0v) is 11.7. The van der Waals surface area contributed by atoms with Crippen LogP contribution in [0.25, 0.3) is 0 Å². The molecule has 0 N–H and O–H groups in total. The normalized spacial score (nSPS) is 26.6. The van der Waals surface area contributed by atoms with E-state index in [2.05, 4.69) is 22.5 Å². The van der Waals surface area contributed by atoms with Gasteiger partial charge in [0.25, 0.3) is 0 Å². The van der Waals surface area contributed by atoms with Gasteiger partial charge in [0.15, 0.2) is 0 Å². The largest absolute Gasteiger partial charge is 0.339 e. The Bertz CT molecular complexity index is 488. The Hall–Kier alpha value is -1.68. The van der Waals surface area contributed by atoms with Crippen molar-refractivity contribution < 1.29 is 4.79 Å². The lowest BCUT2D eigenvalue weighted by molar-refractivity contribution is -0.138. The van der Waals surface area contributed by atoms with E-state index < -0.39 is 0 Å². The van der Waals surface area contributed by atoms with Gasteiger partial charge >= 0.3 is 0 Å². The standard InChI is InChI=1S/C16H21N3O/c1-2-7-19-8-5-14-11-18(12-15(14)16(19)20)10-13-4-3-6-17-9-13/h2-4,6,9,14-15H,1,5,7-8,10-12H2. The lowest BCUT2D eigenvalue weighted by Gasteiger charge is -2.33. The number of carbonyl (C=O) groups excluding carboxylic acids is 1. The van der Waals surface area contributed by atoms with E-state index in [4.69, 9.17) is 0 Å². The highest BCUT2D eigenvalue weighted by Gasteiger charge is 2.42. The SMILES string of the molecule is C=CCN1CCC2CN(Cc3cccnc3)CC2C1=O. The molecule has 2 aliphatic rings. The van der Waals surface area contributed by atoms with E-state index in [1.165, 1.54) is 5.56 Å². The minimum absolute atomic E-state index is 0.181. The van der Waals surface area contributed by atoms with Crippen LogP contribution in [0.5, 0.6) is 0 Å². The fourth-order valence-corrected chi connectivity index (χ4v) is 3.42. The molecule has 106 valence electrons. The molecule has 4 nitrogen and oxygen atoms in total. The number of likely N-dealkylation sites (tertiary alicyclic amines) is 2. The summed E-state index contributed by atoms with van der Waals surface area (Å²) >= 11 is 0. The molecular weight excluding hydrogens is 250 g/mol. The Balaban J connectivity index is 1.64. The molecule has 0 aromatic carbocycles. The number of hydrogen-bond donors (Lipinski definition) is 0. The molecule has 3 heterocycles. The number of carbonyl (C=O) groups is 1. The minimum atomic E-state index is 0.181. The van der Waals surface area contributed by atoms with Gasteiger partial charge in [-0.3, -0.25) is 14.7 Å². The molecule has 1 amide bonds. The molecule has 0 aliphatic carbocycles. The summed E-state index contributed by atoms with van der Waals surface area (Å²) < 4.78 is 0. The topological polar surface area (TPSA) is 36.4 Å². The average Bonchev–Trinajstić information content (AvgIpc) is 2.87. The Morgan fingerprint density at radius 3 is 3.10 bits per heavy atom. The van der Waals surface area contributed by atoms with Gasteiger partial charge in [-0.05, 0) is 24.0 Å². The summed E-state index contributed by atoms with van der Waals surface area (Å²) in [5.74, 6) is 1.02. The van der Waals surface area contributed by atoms with Crippen molar-refractivity contribution in [2.75, 3.05) is 26.2 Å². The lowest BCUT2D eigenvalue weighted by Crippen LogP contribution is -2.45. The van der Waals surface area contributed by atoms with Crippen LogP contribution < -0.4 is 0 Å². The third-order valence-electron chi connectivity index (χ3n) is 4.39. The molecule has 2 unspecified atom stereocenters. The molecule has 0 saturated carbocycles. The smallest absolute Gasteiger partial charge is 0.227 e. The van der Waals surface area contributed by atoms with Crippen LogP contribution in [-0.2, 0) is 11.3 Å². The van der Waals surface area contributed by atoms with E-state index in [9.17, 15) is 4.79 Å². The molecule has 20 heavy (non-hydrogen) atoms. The molecule has 1 aromatic heterocycles. The highest BCUT2D eigenvalue weighted by Crippen LogP contribution is 2.32. The first-order valence-corrected chi connectivity index (χ1v) is 7.29. The molecule has 0 radical (unpaired) electrons. The molecule has 2 atom stereocenters. The van der Waals surface area contributed by atoms with Crippen LogP contribution in [0.2, 0.25) is 0 Å². The van der Waals surface area contributed by atoms with E-state index in [0.29, 0.717) is 18.4 Å². The second kappa shape index (κ2) is 5.75. The van der Waals surface area contributed by atoms with Gasteiger partial charge in [0.2, 0.25) is 5.91 Å². The van der Waals surface area contributed by atoms with E-state index >= 15 is 0 Å². The number of rotatable bonds is 4. The fraction of sp³-hybridized carbons (Fsp3) is 0.500. The molecule has 1 aromatic rings. The van der Waals surface area contributed by atoms with Crippen molar-refractivity contribution in [1.82, 2.24) is 14.8 Å². The molecule has 4 heteroatoms. The number of hydrogen-bond acceptors (Lipinski definition) is 3. The summed E-state index contributed by atoms with van der Waals surface area (Å²) in [6.07, 6.45) is 6.64. The van der Waals surface area contributed by atoms with Gasteiger partial charge in [-0.15, -0.1) is 6.58 Å². The first kappa shape index (κ1) is 13.3. The second-order valence-corrected chi connectivity index (χ2v) is 5.78. The Morgan fingerprint density at radius 2 is 2.35 bits per heavy atom. The molecular formula is C16H21N3O. The van der Waals surface area contributed by atoms with E-state index in [1.807, 2.05) is 23.2 Å². The molecule has 0 bridgehead atoms. The van der Waals surface area contributed by atoms with Crippen molar-refractivity contribution in [3.05, 3.63) is 42.7 Å². The first-order valence-electron chi connectivity index (χ1n) is 7.29. The second-order valence-electron chi connectivity index (χ2n) is 5.78. The van der Waals surface area contributed by atoms with Crippen LogP contribution in [0, 0.1) is 11.8 Å². The number of piperidine rings is 1. The summed E-state index contributed by atoms with van der Waals surface area (Å²) in [5.41, 5.74) is 1.22. The number of fused-ring (bicyclic) bond motifs is 1. The van der Waals surface area contributed by atoms with Gasteiger partial charge in [0.05, 0.1) is 5.92 Å². The third-order valence-corrected chi connectivity index (χ3v) is 4.39. The quantitative estimate of drug-likeness (QED) is 0.780. The van der Waals surface area contributed by atoms with Gasteiger partial charge in [0, 0.05) is 45.1 Å². The summed E-state index contributed by atoms with van der Waals surface area (Å²) in [4.78, 5) is 20.9. The summed E-state index contributed by atoms with van der Waals surface area (Å²) in [7, 11) is 0. The Kier molecular flexibility index (Phi) is 3.83. The summed E-state index contributed by atoms with van der Waals surface area (Å²) in [5, 5.41) is 0. The fourth-order valence-electron chi connectivity index (χ4n) is 3.42. The Labute approximate surface area is 120 Å². The molecule has 3 rings (SSSR count). The van der Waals surface area contributed by atoms with Crippen molar-refractivity contribution in [1.29, 1.82) is 0 Å². The van der Waals surface area contributed by atoms with Crippen LogP contribution in [0.4, 0.5) is 0 Å². The molecule has 0 spiro atoms. The number of nitrogens with zero attached hydrogens (tertiary/aromatic N) is 3. The van der Waals surface area contributed by atoms with Crippen LogP contribution in [0.15, 0.2) is 37.2 Å². The zero-order valence-electron chi connectivity index (χ0n) is 11.7. The van der Waals surface area contributed by atoms with Crippen molar-refractivity contribution in [3.63, 3.8) is 0 Å². The van der Waals surface area contributed by atoms with Crippen LogP contribution in [-0.4, -0.2) is 46.9 Å². The van der Waals surface area contributed by atoms with Crippen LogP contribution >= 0.6 is 0 Å². The molecule has 2 saturated heterocycles. The monoisotopic (exact) mass is 271 g/mol. The maximum atomic E-state index is 12.4. The number of amides is 1. The Morgan fingerprint density at radius 1 is 1.45 bits per heavy atom. The van der Waals surface area contributed by atoms with Crippen LogP contribution in [0.3, 0.4) is 0 Å². The summed E-state index contributed by atoms with van der Waals surface area (Å²) in [6, 6.07) is 4.07. The number of pyridine rings is 1. The minimum Gasteiger partial charge on any atom is -0.339 e. The molecule has 2 aliphatic heterocycles. The summed E-state index contributed by atoms with van der Waals surface area (Å²) in [6.45, 7) is 8.12. The van der Waals surface area contributed by atoms with Crippen molar-refractivity contribution in [2.24, 2.45) is 11.8 Å². The van der Waals surface area contributed by atoms with Crippen molar-refractivity contribution in [2.45, 2.75) is 13.0 Å². The highest BCUT2D eigenvalue weighted by molar-refractivity contribution is 5.80. The lowest BCUT2D eigenvalue weighted by atomic mass is 9.88. The predicted molar refractivity (Wildman–Crippen MR) is 77.9 cm³/mol. The van der Waals surface area contributed by atoms with Gasteiger partial charge < -0.3 is 4.90 Å². The van der Waals surface area contributed by atoms with E-state index in [0.717, 1.165) is 32.6 Å². The third kappa shape index (κ3) is 2.61. The van der Waals surface area contributed by atoms with Crippen molar-refractivity contribution in [3.8, 4) is 0 Å². The zero-order chi connectivity index (χ0) is 13.9. The van der Waals surface area contributed by atoms with E-state index in [1.54, 1.807) is 6.20 Å². The maximum Gasteiger partial charge on any atom is 0.227 e. The highest BCUT2D eigenvalue weighted by atomic mass is 16.2. The van der Waals surface area contributed by atoms with Gasteiger partial charge in [0.1, 0.15) is 0 Å². The predicted octanol–water partition coefficient (Wildman–Crippen LogP) is 1.55. The van der Waals surface area contributed by atoms with Gasteiger partial charge in [-0.2, -0.15) is 0 Å². The van der Waals surface area contributed by atoms with Crippen LogP contribution in [0.1, 0.15) is 12.0 Å². The molecule has 2 fully saturated rings.